The van der Waals surface area contributed by atoms with Crippen LogP contribution in [-0.4, -0.2) is 30.5 Å². The molecular weight excluding hydrogens is 190 g/mol. The first-order valence-electron chi connectivity index (χ1n) is 5.78. The lowest BCUT2D eigenvalue weighted by molar-refractivity contribution is 0.0641. The highest BCUT2D eigenvalue weighted by molar-refractivity contribution is 4.96. The molecule has 0 aromatic carbocycles. The molecule has 0 radical (unpaired) electrons. The molecule has 15 heavy (non-hydrogen) atoms. The summed E-state index contributed by atoms with van der Waals surface area (Å²) in [5, 5.41) is 12.1. The van der Waals surface area contributed by atoms with Gasteiger partial charge in [-0.15, -0.1) is 0 Å². The molecule has 0 saturated carbocycles. The van der Waals surface area contributed by atoms with Crippen molar-refractivity contribution in [2.75, 3.05) is 13.2 Å². The molecule has 0 fully saturated rings. The highest BCUT2D eigenvalue weighted by Gasteiger charge is 2.02. The van der Waals surface area contributed by atoms with E-state index in [1.54, 1.807) is 6.92 Å². The van der Waals surface area contributed by atoms with Gasteiger partial charge in [-0.05, 0) is 38.5 Å². The molecule has 0 bridgehead atoms. The van der Waals surface area contributed by atoms with Crippen LogP contribution in [0.1, 0.15) is 40.5 Å². The van der Waals surface area contributed by atoms with Gasteiger partial charge in [-0.3, -0.25) is 0 Å². The number of ether oxygens (including phenoxy) is 1. The third-order valence-electron chi connectivity index (χ3n) is 2.22. The molecule has 1 unspecified atom stereocenters. The third kappa shape index (κ3) is 8.45. The van der Waals surface area contributed by atoms with Crippen molar-refractivity contribution >= 4 is 0 Å². The number of hydrogen-bond donors (Lipinski definition) is 2. The van der Waals surface area contributed by atoms with Crippen LogP contribution >= 0.6 is 0 Å². The zero-order chi connectivity index (χ0) is 11.7. The zero-order valence-electron chi connectivity index (χ0n) is 10.4. The van der Waals surface area contributed by atoms with Gasteiger partial charge in [0.1, 0.15) is 0 Å². The van der Waals surface area contributed by atoms with Crippen LogP contribution in [0.3, 0.4) is 0 Å². The number of aliphatic hydroxyl groups excluding tert-OH is 1. The Kier molecular flexibility index (Phi) is 8.43. The van der Waals surface area contributed by atoms with Crippen LogP contribution in [0.4, 0.5) is 0 Å². The van der Waals surface area contributed by atoms with Crippen LogP contribution in [0.25, 0.3) is 0 Å². The minimum absolute atomic E-state index is 0.311. The van der Waals surface area contributed by atoms with E-state index in [9.17, 15) is 0 Å². The van der Waals surface area contributed by atoms with E-state index in [2.05, 4.69) is 19.2 Å². The summed E-state index contributed by atoms with van der Waals surface area (Å²) in [5.74, 6) is 0. The summed E-state index contributed by atoms with van der Waals surface area (Å²) < 4.78 is 5.69. The van der Waals surface area contributed by atoms with Gasteiger partial charge in [0.25, 0.3) is 0 Å². The maximum atomic E-state index is 9.04. The zero-order valence-corrected chi connectivity index (χ0v) is 10.4. The molecule has 3 heteroatoms. The summed E-state index contributed by atoms with van der Waals surface area (Å²) in [4.78, 5) is 0. The van der Waals surface area contributed by atoms with E-state index in [1.807, 2.05) is 13.1 Å². The topological polar surface area (TPSA) is 41.5 Å². The molecule has 0 aliphatic carbocycles. The lowest BCUT2D eigenvalue weighted by atomic mass is 10.2. The van der Waals surface area contributed by atoms with Gasteiger partial charge in [0.05, 0.1) is 18.8 Å². The largest absolute Gasteiger partial charge is 0.392 e. The first-order valence-corrected chi connectivity index (χ1v) is 5.78. The standard InChI is InChI=1S/C12H25NO2/c1-5-12(6-2)15-9-10(3)7-13-8-11(4)14/h7,11-14H,5-6,8-9H2,1-4H3/b10-7+. The average molecular weight is 215 g/mol. The van der Waals surface area contributed by atoms with E-state index in [-0.39, 0.29) is 6.10 Å². The Morgan fingerprint density at radius 3 is 2.47 bits per heavy atom. The maximum absolute atomic E-state index is 9.04. The minimum atomic E-state index is -0.311. The fourth-order valence-corrected chi connectivity index (χ4v) is 1.22. The quantitative estimate of drug-likeness (QED) is 0.651. The van der Waals surface area contributed by atoms with Gasteiger partial charge >= 0.3 is 0 Å². The van der Waals surface area contributed by atoms with Crippen LogP contribution in [0.15, 0.2) is 11.8 Å². The predicted octanol–water partition coefficient (Wildman–Crippen LogP) is 2.07. The summed E-state index contributed by atoms with van der Waals surface area (Å²) in [6.07, 6.45) is 4.09. The van der Waals surface area contributed by atoms with E-state index >= 15 is 0 Å². The Morgan fingerprint density at radius 2 is 2.00 bits per heavy atom. The molecule has 0 aliphatic heterocycles. The first-order chi connectivity index (χ1) is 7.10. The fraction of sp³-hybridized carbons (Fsp3) is 0.833. The highest BCUT2D eigenvalue weighted by Crippen LogP contribution is 2.04. The van der Waals surface area contributed by atoms with Crippen LogP contribution in [0.2, 0.25) is 0 Å². The number of hydrogen-bond acceptors (Lipinski definition) is 3. The summed E-state index contributed by atoms with van der Waals surface area (Å²) in [5.41, 5.74) is 1.16. The van der Waals surface area contributed by atoms with Gasteiger partial charge in [-0.25, -0.2) is 0 Å². The minimum Gasteiger partial charge on any atom is -0.392 e. The van der Waals surface area contributed by atoms with Gasteiger partial charge in [0.15, 0.2) is 0 Å². The van der Waals surface area contributed by atoms with E-state index in [1.165, 1.54) is 0 Å². The van der Waals surface area contributed by atoms with Crippen molar-refractivity contribution in [1.82, 2.24) is 5.32 Å². The lowest BCUT2D eigenvalue weighted by Gasteiger charge is -2.14. The van der Waals surface area contributed by atoms with Crippen LogP contribution in [0.5, 0.6) is 0 Å². The molecule has 0 amide bonds. The van der Waals surface area contributed by atoms with Gasteiger partial charge in [-0.1, -0.05) is 13.8 Å². The summed E-state index contributed by atoms with van der Waals surface area (Å²) in [6, 6.07) is 0. The van der Waals surface area contributed by atoms with Crippen molar-refractivity contribution in [3.05, 3.63) is 11.8 Å². The Hall–Kier alpha value is -0.540. The monoisotopic (exact) mass is 215 g/mol. The average Bonchev–Trinajstić information content (AvgIpc) is 2.18. The summed E-state index contributed by atoms with van der Waals surface area (Å²) >= 11 is 0. The molecule has 0 heterocycles. The number of rotatable bonds is 8. The van der Waals surface area contributed by atoms with Crippen LogP contribution in [-0.2, 0) is 4.74 Å². The maximum Gasteiger partial charge on any atom is 0.0694 e. The Balaban J connectivity index is 3.67. The van der Waals surface area contributed by atoms with E-state index in [4.69, 9.17) is 9.84 Å². The van der Waals surface area contributed by atoms with Crippen LogP contribution < -0.4 is 5.32 Å². The van der Waals surface area contributed by atoms with Crippen molar-refractivity contribution in [2.45, 2.75) is 52.7 Å². The van der Waals surface area contributed by atoms with Gasteiger partial charge in [-0.2, -0.15) is 0 Å². The number of aliphatic hydroxyl groups is 1. The van der Waals surface area contributed by atoms with E-state index in [0.717, 1.165) is 18.4 Å². The Morgan fingerprint density at radius 1 is 1.40 bits per heavy atom. The van der Waals surface area contributed by atoms with Crippen molar-refractivity contribution < 1.29 is 9.84 Å². The third-order valence-corrected chi connectivity index (χ3v) is 2.22. The number of nitrogens with one attached hydrogen (secondary N) is 1. The second kappa shape index (κ2) is 8.74. The second-order valence-corrected chi connectivity index (χ2v) is 4.00. The molecule has 0 aromatic rings. The molecule has 0 aromatic heterocycles. The fourth-order valence-electron chi connectivity index (χ4n) is 1.22. The lowest BCUT2D eigenvalue weighted by Crippen LogP contribution is -2.20. The Bertz CT molecular complexity index is 174. The molecule has 0 saturated heterocycles. The van der Waals surface area contributed by atoms with Gasteiger partial charge in [0, 0.05) is 6.54 Å². The van der Waals surface area contributed by atoms with Gasteiger partial charge in [0.2, 0.25) is 0 Å². The summed E-state index contributed by atoms with van der Waals surface area (Å²) in [6.45, 7) is 9.31. The van der Waals surface area contributed by atoms with Crippen molar-refractivity contribution in [1.29, 1.82) is 0 Å². The molecule has 0 rings (SSSR count). The smallest absolute Gasteiger partial charge is 0.0694 e. The molecule has 0 aliphatic rings. The molecule has 1 atom stereocenters. The second-order valence-electron chi connectivity index (χ2n) is 4.00. The highest BCUT2D eigenvalue weighted by atomic mass is 16.5. The molecule has 0 spiro atoms. The van der Waals surface area contributed by atoms with E-state index in [0.29, 0.717) is 19.3 Å². The van der Waals surface area contributed by atoms with Crippen molar-refractivity contribution in [3.8, 4) is 0 Å². The SMILES string of the molecule is CCC(CC)OC/C(C)=C/NCC(C)O. The molecule has 90 valence electrons. The van der Waals surface area contributed by atoms with Crippen molar-refractivity contribution in [2.24, 2.45) is 0 Å². The molecular formula is C12H25NO2. The van der Waals surface area contributed by atoms with Crippen molar-refractivity contribution in [3.63, 3.8) is 0 Å². The summed E-state index contributed by atoms with van der Waals surface area (Å²) in [7, 11) is 0. The predicted molar refractivity (Wildman–Crippen MR) is 63.8 cm³/mol. The first kappa shape index (κ1) is 14.5. The van der Waals surface area contributed by atoms with Crippen LogP contribution in [0, 0.1) is 0 Å². The normalized spacial score (nSPS) is 14.4. The van der Waals surface area contributed by atoms with E-state index < -0.39 is 0 Å². The van der Waals surface area contributed by atoms with Gasteiger partial charge < -0.3 is 15.2 Å². The molecule has 3 nitrogen and oxygen atoms in total. The molecule has 2 N–H and O–H groups in total. The Labute approximate surface area is 93.5 Å².